The van der Waals surface area contributed by atoms with Gasteiger partial charge in [-0.1, -0.05) is 68.4 Å². The number of aryl methyl sites for hydroxylation is 1. The highest BCUT2D eigenvalue weighted by atomic mass is 16.1. The molecule has 0 aliphatic rings. The summed E-state index contributed by atoms with van der Waals surface area (Å²) in [6, 6.07) is 18.5. The van der Waals surface area contributed by atoms with Crippen LogP contribution in [0.4, 0.5) is 0 Å². The number of hydrogen-bond donors (Lipinski definition) is 0. The van der Waals surface area contributed by atoms with E-state index < -0.39 is 0 Å². The molecule has 2 aromatic carbocycles. The Labute approximate surface area is 167 Å². The van der Waals surface area contributed by atoms with E-state index in [0.717, 1.165) is 42.2 Å². The Balaban J connectivity index is 1.55. The molecule has 3 aromatic rings. The number of Topliss-reactive ketones (excluding diaryl/α,β-unsaturated/α-hetero) is 1. The van der Waals surface area contributed by atoms with Crippen molar-refractivity contribution in [3.63, 3.8) is 0 Å². The van der Waals surface area contributed by atoms with Gasteiger partial charge in [-0.05, 0) is 30.4 Å². The van der Waals surface area contributed by atoms with Crippen LogP contribution in [0.25, 0.3) is 11.4 Å². The minimum absolute atomic E-state index is 0.281. The second-order valence-electron chi connectivity index (χ2n) is 7.52. The normalized spacial score (nSPS) is 11.1. The van der Waals surface area contributed by atoms with Crippen molar-refractivity contribution in [2.75, 3.05) is 0 Å². The van der Waals surface area contributed by atoms with Crippen LogP contribution >= 0.6 is 0 Å². The predicted molar refractivity (Wildman–Crippen MR) is 113 cm³/mol. The van der Waals surface area contributed by atoms with Gasteiger partial charge in [-0.2, -0.15) is 0 Å². The fraction of sp³-hybridized carbons (Fsp3) is 0.375. The molecule has 146 valence electrons. The van der Waals surface area contributed by atoms with E-state index in [0.29, 0.717) is 18.8 Å². The molecule has 0 aliphatic carbocycles. The highest BCUT2D eigenvalue weighted by Gasteiger charge is 2.13. The molecule has 0 aliphatic heterocycles. The van der Waals surface area contributed by atoms with E-state index in [1.54, 1.807) is 0 Å². The van der Waals surface area contributed by atoms with Gasteiger partial charge in [0.25, 0.3) is 0 Å². The van der Waals surface area contributed by atoms with Crippen molar-refractivity contribution in [1.29, 1.82) is 0 Å². The Morgan fingerprint density at radius 2 is 1.71 bits per heavy atom. The fourth-order valence-electron chi connectivity index (χ4n) is 3.43. The van der Waals surface area contributed by atoms with Crippen LogP contribution in [0.1, 0.15) is 56.5 Å². The summed E-state index contributed by atoms with van der Waals surface area (Å²) in [4.78, 5) is 12.4. The molecule has 0 N–H and O–H groups in total. The Hall–Kier alpha value is -2.75. The van der Waals surface area contributed by atoms with Crippen LogP contribution in [0.5, 0.6) is 0 Å². The molecule has 1 aromatic heterocycles. The first-order valence-corrected chi connectivity index (χ1v) is 10.2. The molecule has 0 atom stereocenters. The summed E-state index contributed by atoms with van der Waals surface area (Å²) in [6.45, 7) is 7.28. The summed E-state index contributed by atoms with van der Waals surface area (Å²) in [5.41, 5.74) is 3.48. The summed E-state index contributed by atoms with van der Waals surface area (Å²) in [5.74, 6) is 2.65. The Morgan fingerprint density at radius 1 is 1.00 bits per heavy atom. The third kappa shape index (κ3) is 4.94. The maximum Gasteiger partial charge on any atom is 0.163 e. The highest BCUT2D eigenvalue weighted by molar-refractivity contribution is 5.80. The first kappa shape index (κ1) is 20.0. The van der Waals surface area contributed by atoms with Crippen LogP contribution in [0, 0.1) is 0 Å². The van der Waals surface area contributed by atoms with Gasteiger partial charge < -0.3 is 4.57 Å². The van der Waals surface area contributed by atoms with E-state index in [1.165, 1.54) is 5.56 Å². The molecule has 3 rings (SSSR count). The van der Waals surface area contributed by atoms with Crippen LogP contribution in [0.15, 0.2) is 54.6 Å². The van der Waals surface area contributed by atoms with E-state index >= 15 is 0 Å². The lowest BCUT2D eigenvalue weighted by Gasteiger charge is -2.08. The first-order valence-electron chi connectivity index (χ1n) is 10.2. The van der Waals surface area contributed by atoms with Crippen molar-refractivity contribution in [3.05, 3.63) is 71.5 Å². The lowest BCUT2D eigenvalue weighted by molar-refractivity contribution is -0.118. The number of benzene rings is 2. The topological polar surface area (TPSA) is 47.8 Å². The van der Waals surface area contributed by atoms with Crippen molar-refractivity contribution in [2.45, 2.75) is 58.9 Å². The summed E-state index contributed by atoms with van der Waals surface area (Å²) in [7, 11) is 0. The molecular weight excluding hydrogens is 346 g/mol. The minimum Gasteiger partial charge on any atom is -0.311 e. The number of aromatic nitrogens is 3. The predicted octanol–water partition coefficient (Wildman–Crippen LogP) is 5.22. The molecule has 4 heteroatoms. The summed E-state index contributed by atoms with van der Waals surface area (Å²) >= 11 is 0. The van der Waals surface area contributed by atoms with E-state index in [2.05, 4.69) is 59.8 Å². The molecule has 0 fully saturated rings. The van der Waals surface area contributed by atoms with Gasteiger partial charge in [-0.15, -0.1) is 10.2 Å². The van der Waals surface area contributed by atoms with Crippen LogP contribution < -0.4 is 0 Å². The molecule has 0 bridgehead atoms. The summed E-state index contributed by atoms with van der Waals surface area (Å²) in [6.07, 6.45) is 2.65. The standard InChI is InChI=1S/C24H29N3O/c1-4-27-23(25-26-24(27)21-9-6-5-7-10-21)12-8-11-22(28)17-19-13-15-20(16-14-19)18(2)3/h5-7,9-10,13-16,18H,4,8,11-12,17H2,1-3H3. The van der Waals surface area contributed by atoms with Gasteiger partial charge in [0, 0.05) is 31.4 Å². The van der Waals surface area contributed by atoms with Gasteiger partial charge >= 0.3 is 0 Å². The minimum atomic E-state index is 0.281. The highest BCUT2D eigenvalue weighted by Crippen LogP contribution is 2.19. The largest absolute Gasteiger partial charge is 0.311 e. The number of ketones is 1. The molecule has 0 saturated heterocycles. The van der Waals surface area contributed by atoms with E-state index in [1.807, 2.05) is 30.3 Å². The molecule has 0 unspecified atom stereocenters. The van der Waals surface area contributed by atoms with E-state index in [-0.39, 0.29) is 5.78 Å². The quantitative estimate of drug-likeness (QED) is 0.515. The van der Waals surface area contributed by atoms with E-state index in [9.17, 15) is 4.79 Å². The molecule has 28 heavy (non-hydrogen) atoms. The van der Waals surface area contributed by atoms with Crippen LogP contribution in [0.2, 0.25) is 0 Å². The molecule has 0 spiro atoms. The number of carbonyl (C=O) groups excluding carboxylic acids is 1. The van der Waals surface area contributed by atoms with Gasteiger partial charge in [0.2, 0.25) is 0 Å². The van der Waals surface area contributed by atoms with Gasteiger partial charge in [0.15, 0.2) is 5.82 Å². The molecular formula is C24H29N3O. The zero-order valence-electron chi connectivity index (χ0n) is 17.1. The number of nitrogens with zero attached hydrogens (tertiary/aromatic N) is 3. The molecule has 4 nitrogen and oxygen atoms in total. The smallest absolute Gasteiger partial charge is 0.163 e. The third-order valence-corrected chi connectivity index (χ3v) is 5.08. The lowest BCUT2D eigenvalue weighted by atomic mass is 9.99. The summed E-state index contributed by atoms with van der Waals surface area (Å²) in [5, 5.41) is 8.75. The van der Waals surface area contributed by atoms with Crippen LogP contribution in [-0.4, -0.2) is 20.5 Å². The Morgan fingerprint density at radius 3 is 2.36 bits per heavy atom. The SMILES string of the molecule is CCn1c(CCCC(=O)Cc2ccc(C(C)C)cc2)nnc1-c1ccccc1. The maximum atomic E-state index is 12.4. The van der Waals surface area contributed by atoms with Crippen molar-refractivity contribution in [1.82, 2.24) is 14.8 Å². The molecule has 0 saturated carbocycles. The van der Waals surface area contributed by atoms with Crippen LogP contribution in [-0.2, 0) is 24.2 Å². The Bertz CT molecular complexity index is 895. The van der Waals surface area contributed by atoms with Crippen molar-refractivity contribution >= 4 is 5.78 Å². The Kier molecular flexibility index (Phi) is 6.75. The zero-order valence-corrected chi connectivity index (χ0v) is 17.1. The van der Waals surface area contributed by atoms with Gasteiger partial charge in [0.1, 0.15) is 11.6 Å². The lowest BCUT2D eigenvalue weighted by Crippen LogP contribution is -2.07. The van der Waals surface area contributed by atoms with Crippen molar-refractivity contribution in [2.24, 2.45) is 0 Å². The fourth-order valence-corrected chi connectivity index (χ4v) is 3.43. The molecule has 1 heterocycles. The average Bonchev–Trinajstić information content (AvgIpc) is 3.12. The molecule has 0 amide bonds. The van der Waals surface area contributed by atoms with Crippen molar-refractivity contribution in [3.8, 4) is 11.4 Å². The van der Waals surface area contributed by atoms with Crippen molar-refractivity contribution < 1.29 is 4.79 Å². The second kappa shape index (κ2) is 9.45. The zero-order chi connectivity index (χ0) is 19.9. The first-order chi connectivity index (χ1) is 13.6. The van der Waals surface area contributed by atoms with Gasteiger partial charge in [0.05, 0.1) is 0 Å². The monoisotopic (exact) mass is 375 g/mol. The molecule has 0 radical (unpaired) electrons. The van der Waals surface area contributed by atoms with E-state index in [4.69, 9.17) is 0 Å². The number of rotatable bonds is 9. The average molecular weight is 376 g/mol. The number of carbonyl (C=O) groups is 1. The van der Waals surface area contributed by atoms with Crippen LogP contribution in [0.3, 0.4) is 0 Å². The van der Waals surface area contributed by atoms with Gasteiger partial charge in [-0.25, -0.2) is 0 Å². The number of hydrogen-bond acceptors (Lipinski definition) is 3. The maximum absolute atomic E-state index is 12.4. The summed E-state index contributed by atoms with van der Waals surface area (Å²) < 4.78 is 2.14. The van der Waals surface area contributed by atoms with Gasteiger partial charge in [-0.3, -0.25) is 4.79 Å². The second-order valence-corrected chi connectivity index (χ2v) is 7.52. The third-order valence-electron chi connectivity index (χ3n) is 5.08.